The Labute approximate surface area is 239 Å². The van der Waals surface area contributed by atoms with Crippen LogP contribution in [0.15, 0.2) is 90.1 Å². The van der Waals surface area contributed by atoms with Crippen molar-refractivity contribution in [2.45, 2.75) is 42.8 Å². The minimum Gasteiger partial charge on any atom is -0.376 e. The topological polar surface area (TPSA) is 93.5 Å². The van der Waals surface area contributed by atoms with Crippen LogP contribution in [-0.2, 0) is 39.6 Å². The number of rotatable bonds is 10. The van der Waals surface area contributed by atoms with Crippen molar-refractivity contribution in [2.24, 2.45) is 7.05 Å². The Kier molecular flexibility index (Phi) is 8.37. The summed E-state index contributed by atoms with van der Waals surface area (Å²) in [4.78, 5) is 20.1. The summed E-state index contributed by atoms with van der Waals surface area (Å²) in [5.41, 5.74) is 3.49. The van der Waals surface area contributed by atoms with Crippen molar-refractivity contribution in [1.29, 1.82) is 0 Å². The molecule has 5 rings (SSSR count). The summed E-state index contributed by atoms with van der Waals surface area (Å²) < 4.78 is 36.7. The van der Waals surface area contributed by atoms with E-state index in [1.165, 1.54) is 12.1 Å². The summed E-state index contributed by atoms with van der Waals surface area (Å²) >= 11 is 6.04. The average molecular weight is 579 g/mol. The van der Waals surface area contributed by atoms with Gasteiger partial charge in [-0.05, 0) is 59.9 Å². The Morgan fingerprint density at radius 3 is 2.65 bits per heavy atom. The van der Waals surface area contributed by atoms with Gasteiger partial charge in [0.2, 0.25) is 15.9 Å². The Hall–Kier alpha value is -3.50. The van der Waals surface area contributed by atoms with Crippen molar-refractivity contribution in [3.8, 4) is 0 Å². The Morgan fingerprint density at radius 2 is 1.95 bits per heavy atom. The number of benzene rings is 3. The summed E-state index contributed by atoms with van der Waals surface area (Å²) in [5, 5.41) is 0.352. The van der Waals surface area contributed by atoms with Crippen LogP contribution in [0.25, 0.3) is 0 Å². The van der Waals surface area contributed by atoms with E-state index in [2.05, 4.69) is 9.71 Å². The molecule has 40 heavy (non-hydrogen) atoms. The van der Waals surface area contributed by atoms with Crippen molar-refractivity contribution in [3.63, 3.8) is 0 Å². The zero-order valence-electron chi connectivity index (χ0n) is 22.3. The zero-order chi connectivity index (χ0) is 28.3. The number of imidazole rings is 1. The van der Waals surface area contributed by atoms with E-state index < -0.39 is 22.2 Å². The fraction of sp³-hybridized carbons (Fsp3) is 0.267. The van der Waals surface area contributed by atoms with Gasteiger partial charge < -0.3 is 14.2 Å². The number of fused-ring (bicyclic) bond motifs is 1. The van der Waals surface area contributed by atoms with Gasteiger partial charge in [0.1, 0.15) is 5.82 Å². The van der Waals surface area contributed by atoms with Crippen molar-refractivity contribution in [1.82, 2.24) is 14.3 Å². The van der Waals surface area contributed by atoms with Crippen LogP contribution in [-0.4, -0.2) is 31.0 Å². The Balaban J connectivity index is 1.45. The third-order valence-electron chi connectivity index (χ3n) is 7.26. The van der Waals surface area contributed by atoms with Gasteiger partial charge in [-0.25, -0.2) is 18.1 Å². The zero-order valence-corrected chi connectivity index (χ0v) is 23.9. The highest BCUT2D eigenvalue weighted by molar-refractivity contribution is 7.89. The van der Waals surface area contributed by atoms with Crippen molar-refractivity contribution in [2.75, 3.05) is 12.0 Å². The number of amides is 1. The van der Waals surface area contributed by atoms with Crippen LogP contribution in [0.2, 0.25) is 5.02 Å². The lowest BCUT2D eigenvalue weighted by atomic mass is 10.0. The van der Waals surface area contributed by atoms with Crippen molar-refractivity contribution < 1.29 is 17.9 Å². The molecular formula is C30H31ClN4O4S. The molecule has 1 N–H and O–H groups in total. The maximum absolute atomic E-state index is 13.8. The van der Waals surface area contributed by atoms with Gasteiger partial charge >= 0.3 is 0 Å². The summed E-state index contributed by atoms with van der Waals surface area (Å²) in [6.45, 7) is 0.255. The molecule has 0 aliphatic heterocycles. The third kappa shape index (κ3) is 6.13. The molecule has 0 spiro atoms. The Morgan fingerprint density at radius 1 is 1.15 bits per heavy atom. The molecule has 4 aromatic rings. The number of aromatic nitrogens is 2. The third-order valence-corrected chi connectivity index (χ3v) is 8.96. The predicted octanol–water partition coefficient (Wildman–Crippen LogP) is 5.35. The SMILES string of the molecule is CO[C@H](CC(=O)N(Cc1nccn1C)c1ccc2c(c1)[C@H](NS(=O)(=O)c1cccc(Cl)c1)CC2)c1ccccc1. The van der Waals surface area contributed by atoms with Gasteiger partial charge in [-0.3, -0.25) is 4.79 Å². The number of nitrogens with zero attached hydrogens (tertiary/aromatic N) is 3. The monoisotopic (exact) mass is 578 g/mol. The van der Waals surface area contributed by atoms with Gasteiger partial charge in [-0.15, -0.1) is 0 Å². The van der Waals surface area contributed by atoms with Crippen molar-refractivity contribution >= 4 is 33.2 Å². The first-order valence-electron chi connectivity index (χ1n) is 13.0. The van der Waals surface area contributed by atoms with Gasteiger partial charge in [0, 0.05) is 43.3 Å². The standard InChI is InChI=1S/C30H31ClN4O4S/c1-34-16-15-32-29(34)20-35(30(36)19-28(39-2)22-7-4-3-5-8-22)24-13-11-21-12-14-27(26(21)18-24)33-40(37,38)25-10-6-9-23(31)17-25/h3-11,13,15-18,27-28,33H,12,14,19-20H2,1-2H3/t27-,28-/m1/s1. The van der Waals surface area contributed by atoms with E-state index in [-0.39, 0.29) is 23.8 Å². The molecule has 10 heteroatoms. The maximum atomic E-state index is 13.8. The number of methoxy groups -OCH3 is 1. The molecule has 1 amide bonds. The summed E-state index contributed by atoms with van der Waals surface area (Å²) in [6.07, 6.45) is 4.60. The quantitative estimate of drug-likeness (QED) is 0.274. The normalized spacial score (nSPS) is 15.5. The molecule has 0 fully saturated rings. The smallest absolute Gasteiger partial charge is 0.241 e. The van der Waals surface area contributed by atoms with Gasteiger partial charge in [0.05, 0.1) is 24.0 Å². The van der Waals surface area contributed by atoms with Crippen LogP contribution < -0.4 is 9.62 Å². The van der Waals surface area contributed by atoms with E-state index in [4.69, 9.17) is 16.3 Å². The molecule has 0 radical (unpaired) electrons. The van der Waals surface area contributed by atoms with Crippen LogP contribution in [0.4, 0.5) is 5.69 Å². The second-order valence-electron chi connectivity index (χ2n) is 9.83. The van der Waals surface area contributed by atoms with Gasteiger partial charge in [0.25, 0.3) is 0 Å². The minimum atomic E-state index is -3.80. The highest BCUT2D eigenvalue weighted by atomic mass is 35.5. The van der Waals surface area contributed by atoms with Crippen molar-refractivity contribution in [3.05, 3.63) is 113 Å². The first-order valence-corrected chi connectivity index (χ1v) is 14.9. The number of hydrogen-bond donors (Lipinski definition) is 1. The number of hydrogen-bond acceptors (Lipinski definition) is 5. The van der Waals surface area contributed by atoms with Crippen LogP contribution in [0, 0.1) is 0 Å². The number of sulfonamides is 1. The summed E-state index contributed by atoms with van der Waals surface area (Å²) in [5.74, 6) is 0.591. The first-order chi connectivity index (χ1) is 19.2. The highest BCUT2D eigenvalue weighted by Gasteiger charge is 2.30. The van der Waals surface area contributed by atoms with E-state index in [0.29, 0.717) is 17.1 Å². The molecule has 1 aromatic heterocycles. The largest absolute Gasteiger partial charge is 0.376 e. The number of aryl methyl sites for hydroxylation is 2. The molecule has 0 unspecified atom stereocenters. The molecule has 0 bridgehead atoms. The van der Waals surface area contributed by atoms with E-state index >= 15 is 0 Å². The van der Waals surface area contributed by atoms with Gasteiger partial charge in [0.15, 0.2) is 0 Å². The second kappa shape index (κ2) is 11.9. The number of carbonyl (C=O) groups is 1. The number of anilines is 1. The molecule has 8 nitrogen and oxygen atoms in total. The molecule has 208 valence electrons. The highest BCUT2D eigenvalue weighted by Crippen LogP contribution is 2.36. The van der Waals surface area contributed by atoms with Crippen LogP contribution >= 0.6 is 11.6 Å². The van der Waals surface area contributed by atoms with E-state index in [9.17, 15) is 13.2 Å². The second-order valence-corrected chi connectivity index (χ2v) is 12.0. The summed E-state index contributed by atoms with van der Waals surface area (Å²) in [6, 6.07) is 21.2. The van der Waals surface area contributed by atoms with Gasteiger partial charge in [-0.1, -0.05) is 54.1 Å². The van der Waals surface area contributed by atoms with Crippen LogP contribution in [0.3, 0.4) is 0 Å². The molecule has 3 aromatic carbocycles. The van der Waals surface area contributed by atoms with E-state index in [1.54, 1.807) is 30.3 Å². The molecule has 1 heterocycles. The number of halogens is 1. The fourth-order valence-corrected chi connectivity index (χ4v) is 6.61. The lowest BCUT2D eigenvalue weighted by Gasteiger charge is -2.26. The van der Waals surface area contributed by atoms with E-state index in [0.717, 1.165) is 28.9 Å². The average Bonchev–Trinajstić information content (AvgIpc) is 3.55. The Bertz CT molecular complexity index is 1610. The van der Waals surface area contributed by atoms with Gasteiger partial charge in [-0.2, -0.15) is 0 Å². The molecule has 1 aliphatic carbocycles. The molecule has 1 aliphatic rings. The lowest BCUT2D eigenvalue weighted by molar-refractivity contribution is -0.121. The molecule has 0 saturated carbocycles. The number of carbonyl (C=O) groups excluding carboxylic acids is 1. The molecule has 0 saturated heterocycles. The van der Waals surface area contributed by atoms with Crippen LogP contribution in [0.5, 0.6) is 0 Å². The summed E-state index contributed by atoms with van der Waals surface area (Å²) in [7, 11) is -0.317. The molecule has 2 atom stereocenters. The number of ether oxygens (including phenoxy) is 1. The number of nitrogens with one attached hydrogen (secondary N) is 1. The molecular weight excluding hydrogens is 548 g/mol. The van der Waals surface area contributed by atoms with Crippen LogP contribution in [0.1, 0.15) is 47.5 Å². The maximum Gasteiger partial charge on any atom is 0.241 e. The predicted molar refractivity (Wildman–Crippen MR) is 154 cm³/mol. The fourth-order valence-electron chi connectivity index (χ4n) is 5.06. The lowest BCUT2D eigenvalue weighted by Crippen LogP contribution is -2.33. The first kappa shape index (κ1) is 28.0. The van der Waals surface area contributed by atoms with E-state index in [1.807, 2.05) is 66.3 Å². The minimum absolute atomic E-state index is 0.114.